The number of halogens is 3. The van der Waals surface area contributed by atoms with Gasteiger partial charge < -0.3 is 5.11 Å². The Labute approximate surface area is 101 Å². The quantitative estimate of drug-likeness (QED) is 0.801. The van der Waals surface area contributed by atoms with Gasteiger partial charge in [-0.2, -0.15) is 13.2 Å². The van der Waals surface area contributed by atoms with E-state index in [1.54, 1.807) is 11.0 Å². The minimum atomic E-state index is -4.39. The normalized spacial score (nSPS) is 12.1. The summed E-state index contributed by atoms with van der Waals surface area (Å²) in [6, 6.07) is 0. The van der Waals surface area contributed by atoms with E-state index in [0.29, 0.717) is 18.1 Å². The number of rotatable bonds is 6. The molecule has 0 spiro atoms. The highest BCUT2D eigenvalue weighted by Gasteiger charge is 2.33. The Morgan fingerprint density at radius 3 is 2.71 bits per heavy atom. The zero-order valence-electron chi connectivity index (χ0n) is 9.07. The van der Waals surface area contributed by atoms with E-state index in [1.165, 1.54) is 0 Å². The summed E-state index contributed by atoms with van der Waals surface area (Å²) in [5.41, 5.74) is -0.861. The lowest BCUT2D eigenvalue weighted by Crippen LogP contribution is -2.26. The van der Waals surface area contributed by atoms with Crippen molar-refractivity contribution in [2.45, 2.75) is 12.7 Å². The van der Waals surface area contributed by atoms with Crippen LogP contribution in [0.15, 0.2) is 18.0 Å². The molecule has 7 heteroatoms. The molecule has 1 aromatic rings. The van der Waals surface area contributed by atoms with E-state index >= 15 is 0 Å². The molecule has 1 N–H and O–H groups in total. The van der Waals surface area contributed by atoms with Crippen molar-refractivity contribution in [2.24, 2.45) is 0 Å². The maximum absolute atomic E-state index is 12.3. The minimum Gasteiger partial charge on any atom is -0.395 e. The number of hydrogen-bond donors (Lipinski definition) is 1. The summed E-state index contributed by atoms with van der Waals surface area (Å²) in [5, 5.41) is 10.2. The second-order valence-electron chi connectivity index (χ2n) is 3.37. The van der Waals surface area contributed by atoms with Gasteiger partial charge in [-0.1, -0.05) is 6.08 Å². The first-order chi connectivity index (χ1) is 7.97. The van der Waals surface area contributed by atoms with Crippen LogP contribution in [0.4, 0.5) is 13.2 Å². The fourth-order valence-corrected chi connectivity index (χ4v) is 2.11. The summed E-state index contributed by atoms with van der Waals surface area (Å²) in [5.74, 6) is 0. The van der Waals surface area contributed by atoms with Gasteiger partial charge in [-0.05, 0) is 0 Å². The number of aliphatic hydroxyl groups is 1. The van der Waals surface area contributed by atoms with E-state index < -0.39 is 11.9 Å². The zero-order valence-corrected chi connectivity index (χ0v) is 9.89. The van der Waals surface area contributed by atoms with Crippen LogP contribution >= 0.6 is 11.3 Å². The van der Waals surface area contributed by atoms with Gasteiger partial charge in [0.05, 0.1) is 13.2 Å². The Balaban J connectivity index is 2.66. The van der Waals surface area contributed by atoms with Crippen LogP contribution < -0.4 is 0 Å². The smallest absolute Gasteiger partial charge is 0.395 e. The highest BCUT2D eigenvalue weighted by atomic mass is 32.1. The number of alkyl halides is 3. The van der Waals surface area contributed by atoms with E-state index in [4.69, 9.17) is 5.11 Å². The largest absolute Gasteiger partial charge is 0.434 e. The molecule has 0 aliphatic rings. The summed E-state index contributed by atoms with van der Waals surface area (Å²) in [6.07, 6.45) is -2.76. The van der Waals surface area contributed by atoms with Gasteiger partial charge in [-0.25, -0.2) is 4.98 Å². The molecular formula is C10H13F3N2OS. The first-order valence-corrected chi connectivity index (χ1v) is 5.81. The Bertz CT molecular complexity index is 365. The summed E-state index contributed by atoms with van der Waals surface area (Å²) < 4.78 is 36.9. The second kappa shape index (κ2) is 6.13. The monoisotopic (exact) mass is 266 g/mol. The SMILES string of the molecule is C=CCN(CCO)Cc1nc(C(F)(F)F)cs1. The maximum atomic E-state index is 12.3. The fourth-order valence-electron chi connectivity index (χ4n) is 1.26. The molecule has 0 fully saturated rings. The summed E-state index contributed by atoms with van der Waals surface area (Å²) in [6.45, 7) is 4.67. The average Bonchev–Trinajstić information content (AvgIpc) is 2.66. The van der Waals surface area contributed by atoms with Gasteiger partial charge in [0, 0.05) is 18.5 Å². The van der Waals surface area contributed by atoms with Gasteiger partial charge >= 0.3 is 6.18 Å². The lowest BCUT2D eigenvalue weighted by atomic mass is 10.4. The topological polar surface area (TPSA) is 36.4 Å². The van der Waals surface area contributed by atoms with Crippen molar-refractivity contribution in [3.05, 3.63) is 28.7 Å². The molecule has 0 aliphatic carbocycles. The first kappa shape index (κ1) is 14.1. The van der Waals surface area contributed by atoms with Gasteiger partial charge in [0.2, 0.25) is 0 Å². The molecule has 0 saturated carbocycles. The Morgan fingerprint density at radius 2 is 2.24 bits per heavy atom. The Hall–Kier alpha value is -0.920. The van der Waals surface area contributed by atoms with Gasteiger partial charge in [0.15, 0.2) is 5.69 Å². The molecule has 0 amide bonds. The number of thiazole rings is 1. The Kier molecular flexibility index (Phi) is 5.10. The molecule has 0 saturated heterocycles. The predicted octanol–water partition coefficient (Wildman–Crippen LogP) is 2.14. The first-order valence-electron chi connectivity index (χ1n) is 4.93. The molecule has 0 bridgehead atoms. The highest BCUT2D eigenvalue weighted by molar-refractivity contribution is 7.09. The van der Waals surface area contributed by atoms with Crippen molar-refractivity contribution in [3.63, 3.8) is 0 Å². The van der Waals surface area contributed by atoms with Crippen LogP contribution in [-0.4, -0.2) is 34.7 Å². The second-order valence-corrected chi connectivity index (χ2v) is 4.31. The maximum Gasteiger partial charge on any atom is 0.434 e. The molecule has 0 radical (unpaired) electrons. The van der Waals surface area contributed by atoms with Crippen molar-refractivity contribution in [2.75, 3.05) is 19.7 Å². The molecule has 1 aromatic heterocycles. The third-order valence-electron chi connectivity index (χ3n) is 2.00. The predicted molar refractivity (Wildman–Crippen MR) is 59.7 cm³/mol. The van der Waals surface area contributed by atoms with Gasteiger partial charge in [0.1, 0.15) is 5.01 Å². The molecular weight excluding hydrogens is 253 g/mol. The van der Waals surface area contributed by atoms with Crippen molar-refractivity contribution >= 4 is 11.3 Å². The van der Waals surface area contributed by atoms with Crippen LogP contribution in [0.5, 0.6) is 0 Å². The van der Waals surface area contributed by atoms with E-state index in [0.717, 1.165) is 16.7 Å². The van der Waals surface area contributed by atoms with E-state index in [9.17, 15) is 13.2 Å². The third-order valence-corrected chi connectivity index (χ3v) is 2.84. The lowest BCUT2D eigenvalue weighted by molar-refractivity contribution is -0.140. The molecule has 3 nitrogen and oxygen atoms in total. The van der Waals surface area contributed by atoms with Crippen LogP contribution in [0, 0.1) is 0 Å². The third kappa shape index (κ3) is 4.45. The number of aromatic nitrogens is 1. The number of aliphatic hydroxyl groups excluding tert-OH is 1. The van der Waals surface area contributed by atoms with E-state index in [1.807, 2.05) is 0 Å². The summed E-state index contributed by atoms with van der Waals surface area (Å²) >= 11 is 0.968. The Morgan fingerprint density at radius 1 is 1.53 bits per heavy atom. The van der Waals surface area contributed by atoms with Crippen LogP contribution in [-0.2, 0) is 12.7 Å². The molecule has 0 aromatic carbocycles. The van der Waals surface area contributed by atoms with Crippen molar-refractivity contribution in [1.82, 2.24) is 9.88 Å². The van der Waals surface area contributed by atoms with Crippen LogP contribution in [0.1, 0.15) is 10.7 Å². The van der Waals surface area contributed by atoms with Crippen molar-refractivity contribution in [3.8, 4) is 0 Å². The van der Waals surface area contributed by atoms with Crippen LogP contribution in [0.3, 0.4) is 0 Å². The van der Waals surface area contributed by atoms with Gasteiger partial charge in [-0.3, -0.25) is 4.90 Å². The molecule has 17 heavy (non-hydrogen) atoms. The van der Waals surface area contributed by atoms with E-state index in [2.05, 4.69) is 11.6 Å². The standard InChI is InChI=1S/C10H13F3N2OS/c1-2-3-15(4-5-16)6-9-14-8(7-17-9)10(11,12)13/h2,7,16H,1,3-6H2. The minimum absolute atomic E-state index is 0.0503. The number of hydrogen-bond acceptors (Lipinski definition) is 4. The summed E-state index contributed by atoms with van der Waals surface area (Å²) in [4.78, 5) is 5.29. The van der Waals surface area contributed by atoms with Gasteiger partial charge in [-0.15, -0.1) is 17.9 Å². The molecule has 0 atom stereocenters. The summed E-state index contributed by atoms with van der Waals surface area (Å²) in [7, 11) is 0. The highest BCUT2D eigenvalue weighted by Crippen LogP contribution is 2.30. The van der Waals surface area contributed by atoms with Crippen LogP contribution in [0.25, 0.3) is 0 Å². The molecule has 1 heterocycles. The number of nitrogens with zero attached hydrogens (tertiary/aromatic N) is 2. The molecule has 1 rings (SSSR count). The molecule has 0 aliphatic heterocycles. The van der Waals surface area contributed by atoms with Crippen molar-refractivity contribution in [1.29, 1.82) is 0 Å². The zero-order chi connectivity index (χ0) is 12.9. The van der Waals surface area contributed by atoms with Gasteiger partial charge in [0.25, 0.3) is 0 Å². The average molecular weight is 266 g/mol. The van der Waals surface area contributed by atoms with Crippen molar-refractivity contribution < 1.29 is 18.3 Å². The lowest BCUT2D eigenvalue weighted by Gasteiger charge is -2.17. The van der Waals surface area contributed by atoms with Crippen LogP contribution in [0.2, 0.25) is 0 Å². The molecule has 0 unspecified atom stereocenters. The van der Waals surface area contributed by atoms with E-state index in [-0.39, 0.29) is 13.2 Å². The fraction of sp³-hybridized carbons (Fsp3) is 0.500. The molecule has 96 valence electrons.